The number of allylic oxidation sites excluding steroid dienone is 1. The first-order valence-corrected chi connectivity index (χ1v) is 4.78. The van der Waals surface area contributed by atoms with E-state index in [4.69, 9.17) is 9.94 Å². The third-order valence-corrected chi connectivity index (χ3v) is 2.13. The number of rotatable bonds is 5. The molecule has 1 rings (SSSR count). The summed E-state index contributed by atoms with van der Waals surface area (Å²) in [5.41, 5.74) is 1.57. The molecule has 0 radical (unpaired) electrons. The van der Waals surface area contributed by atoms with Crippen LogP contribution >= 0.6 is 0 Å². The number of nitrogens with zero attached hydrogens (tertiary/aromatic N) is 1. The van der Waals surface area contributed by atoms with Crippen LogP contribution < -0.4 is 4.74 Å². The Morgan fingerprint density at radius 2 is 2.13 bits per heavy atom. The molecule has 0 aromatic heterocycles. The fourth-order valence-corrected chi connectivity index (χ4v) is 1.27. The van der Waals surface area contributed by atoms with Crippen molar-refractivity contribution < 1.29 is 9.94 Å². The zero-order chi connectivity index (χ0) is 11.1. The van der Waals surface area contributed by atoms with E-state index in [9.17, 15) is 0 Å². The van der Waals surface area contributed by atoms with Gasteiger partial charge in [-0.3, -0.25) is 0 Å². The van der Waals surface area contributed by atoms with E-state index < -0.39 is 0 Å². The molecule has 80 valence electrons. The summed E-state index contributed by atoms with van der Waals surface area (Å²) < 4.78 is 5.05. The standard InChI is InChI=1S/C12H15NO2/c1-3-4-5-12(13-14)10-6-8-11(15-2)9-7-10/h3,6-9,14H,1,4-5H2,2H3/b13-12+. The Balaban J connectivity index is 2.79. The van der Waals surface area contributed by atoms with Crippen molar-refractivity contribution in [2.24, 2.45) is 5.16 Å². The van der Waals surface area contributed by atoms with Crippen molar-refractivity contribution in [2.45, 2.75) is 12.8 Å². The number of oxime groups is 1. The Kier molecular flexibility index (Phi) is 4.41. The Morgan fingerprint density at radius 1 is 1.47 bits per heavy atom. The van der Waals surface area contributed by atoms with Crippen LogP contribution in [0, 0.1) is 0 Å². The summed E-state index contributed by atoms with van der Waals surface area (Å²) in [5.74, 6) is 0.791. The predicted molar refractivity (Wildman–Crippen MR) is 60.7 cm³/mol. The normalized spacial score (nSPS) is 11.1. The van der Waals surface area contributed by atoms with Gasteiger partial charge in [-0.25, -0.2) is 0 Å². The fourth-order valence-electron chi connectivity index (χ4n) is 1.27. The van der Waals surface area contributed by atoms with E-state index in [0.717, 1.165) is 17.7 Å². The SMILES string of the molecule is C=CCC/C(=N\O)c1ccc(OC)cc1. The Bertz CT molecular complexity index is 341. The van der Waals surface area contributed by atoms with Crippen molar-refractivity contribution in [3.05, 3.63) is 42.5 Å². The van der Waals surface area contributed by atoms with Gasteiger partial charge in [0.25, 0.3) is 0 Å². The van der Waals surface area contributed by atoms with Gasteiger partial charge in [0.15, 0.2) is 0 Å². The minimum Gasteiger partial charge on any atom is -0.497 e. The quantitative estimate of drug-likeness (QED) is 0.347. The molecule has 0 amide bonds. The van der Waals surface area contributed by atoms with Crippen LogP contribution in [0.3, 0.4) is 0 Å². The number of hydrogen-bond acceptors (Lipinski definition) is 3. The van der Waals surface area contributed by atoms with Crippen molar-refractivity contribution in [3.63, 3.8) is 0 Å². The maximum absolute atomic E-state index is 8.86. The molecule has 0 heterocycles. The molecule has 3 heteroatoms. The fraction of sp³-hybridized carbons (Fsp3) is 0.250. The zero-order valence-corrected chi connectivity index (χ0v) is 8.81. The summed E-state index contributed by atoms with van der Waals surface area (Å²) in [5, 5.41) is 12.1. The third-order valence-electron chi connectivity index (χ3n) is 2.13. The molecule has 0 bridgehead atoms. The molecule has 3 nitrogen and oxygen atoms in total. The van der Waals surface area contributed by atoms with Gasteiger partial charge < -0.3 is 9.94 Å². The lowest BCUT2D eigenvalue weighted by atomic mass is 10.1. The second-order valence-electron chi connectivity index (χ2n) is 3.10. The van der Waals surface area contributed by atoms with Gasteiger partial charge in [0.1, 0.15) is 5.75 Å². The highest BCUT2D eigenvalue weighted by atomic mass is 16.5. The molecule has 1 N–H and O–H groups in total. The van der Waals surface area contributed by atoms with Gasteiger partial charge in [0, 0.05) is 0 Å². The van der Waals surface area contributed by atoms with E-state index in [1.807, 2.05) is 24.3 Å². The van der Waals surface area contributed by atoms with Crippen LogP contribution in [-0.4, -0.2) is 18.0 Å². The van der Waals surface area contributed by atoms with Gasteiger partial charge in [-0.1, -0.05) is 11.2 Å². The van der Waals surface area contributed by atoms with Crippen LogP contribution in [0.5, 0.6) is 5.75 Å². The lowest BCUT2D eigenvalue weighted by Gasteiger charge is -2.04. The highest BCUT2D eigenvalue weighted by Gasteiger charge is 2.03. The molecule has 0 aliphatic rings. The number of benzene rings is 1. The third kappa shape index (κ3) is 3.13. The van der Waals surface area contributed by atoms with Gasteiger partial charge in [0.2, 0.25) is 0 Å². The number of methoxy groups -OCH3 is 1. The summed E-state index contributed by atoms with van der Waals surface area (Å²) in [6, 6.07) is 7.43. The largest absolute Gasteiger partial charge is 0.497 e. The molecule has 0 unspecified atom stereocenters. The van der Waals surface area contributed by atoms with Crippen molar-refractivity contribution >= 4 is 5.71 Å². The molecular weight excluding hydrogens is 190 g/mol. The lowest BCUT2D eigenvalue weighted by molar-refractivity contribution is 0.318. The van der Waals surface area contributed by atoms with E-state index >= 15 is 0 Å². The summed E-state index contributed by atoms with van der Waals surface area (Å²) in [6.07, 6.45) is 3.28. The monoisotopic (exact) mass is 205 g/mol. The molecule has 0 fully saturated rings. The van der Waals surface area contributed by atoms with Gasteiger partial charge in [0.05, 0.1) is 12.8 Å². The van der Waals surface area contributed by atoms with Crippen molar-refractivity contribution in [2.75, 3.05) is 7.11 Å². The predicted octanol–water partition coefficient (Wildman–Crippen LogP) is 2.84. The van der Waals surface area contributed by atoms with Crippen LogP contribution in [0.2, 0.25) is 0 Å². The molecule has 0 atom stereocenters. The number of ether oxygens (including phenoxy) is 1. The summed E-state index contributed by atoms with van der Waals surface area (Å²) >= 11 is 0. The first kappa shape index (κ1) is 11.3. The Hall–Kier alpha value is -1.77. The molecular formula is C12H15NO2. The van der Waals surface area contributed by atoms with Gasteiger partial charge in [-0.05, 0) is 42.7 Å². The van der Waals surface area contributed by atoms with E-state index in [1.54, 1.807) is 13.2 Å². The van der Waals surface area contributed by atoms with E-state index in [0.29, 0.717) is 12.1 Å². The minimum atomic E-state index is 0.664. The van der Waals surface area contributed by atoms with E-state index in [1.165, 1.54) is 0 Å². The molecule has 1 aromatic rings. The van der Waals surface area contributed by atoms with Crippen LogP contribution in [0.15, 0.2) is 42.1 Å². The Labute approximate surface area is 89.7 Å². The number of hydrogen-bond donors (Lipinski definition) is 1. The Morgan fingerprint density at radius 3 is 2.60 bits per heavy atom. The minimum absolute atomic E-state index is 0.664. The topological polar surface area (TPSA) is 41.8 Å². The first-order chi connectivity index (χ1) is 7.31. The molecule has 0 spiro atoms. The average molecular weight is 205 g/mol. The average Bonchev–Trinajstić information content (AvgIpc) is 2.31. The smallest absolute Gasteiger partial charge is 0.118 e. The molecule has 0 saturated carbocycles. The van der Waals surface area contributed by atoms with Crippen molar-refractivity contribution in [3.8, 4) is 5.75 Å². The second-order valence-corrected chi connectivity index (χ2v) is 3.10. The van der Waals surface area contributed by atoms with Gasteiger partial charge in [-0.15, -0.1) is 6.58 Å². The van der Waals surface area contributed by atoms with Crippen LogP contribution in [0.25, 0.3) is 0 Å². The molecule has 1 aromatic carbocycles. The molecule has 0 saturated heterocycles. The van der Waals surface area contributed by atoms with Crippen LogP contribution in [-0.2, 0) is 0 Å². The van der Waals surface area contributed by atoms with Crippen molar-refractivity contribution in [1.82, 2.24) is 0 Å². The summed E-state index contributed by atoms with van der Waals surface area (Å²) in [7, 11) is 1.62. The summed E-state index contributed by atoms with van der Waals surface area (Å²) in [4.78, 5) is 0. The highest BCUT2D eigenvalue weighted by Crippen LogP contribution is 2.13. The first-order valence-electron chi connectivity index (χ1n) is 4.78. The van der Waals surface area contributed by atoms with Crippen molar-refractivity contribution in [1.29, 1.82) is 0 Å². The highest BCUT2D eigenvalue weighted by molar-refractivity contribution is 6.00. The second kappa shape index (κ2) is 5.86. The summed E-state index contributed by atoms with van der Waals surface area (Å²) in [6.45, 7) is 3.63. The molecule has 0 aliphatic carbocycles. The maximum atomic E-state index is 8.86. The lowest BCUT2D eigenvalue weighted by Crippen LogP contribution is -2.00. The molecule has 0 aliphatic heterocycles. The maximum Gasteiger partial charge on any atom is 0.118 e. The van der Waals surface area contributed by atoms with Crippen LogP contribution in [0.1, 0.15) is 18.4 Å². The van der Waals surface area contributed by atoms with E-state index in [2.05, 4.69) is 11.7 Å². The zero-order valence-electron chi connectivity index (χ0n) is 8.81. The van der Waals surface area contributed by atoms with Gasteiger partial charge >= 0.3 is 0 Å². The van der Waals surface area contributed by atoms with Crippen LogP contribution in [0.4, 0.5) is 0 Å². The molecule has 15 heavy (non-hydrogen) atoms. The van der Waals surface area contributed by atoms with Gasteiger partial charge in [-0.2, -0.15) is 0 Å². The van der Waals surface area contributed by atoms with E-state index in [-0.39, 0.29) is 0 Å².